The molecule has 1 aliphatic rings. The molecular weight excluding hydrogens is 242 g/mol. The van der Waals surface area contributed by atoms with Crippen molar-refractivity contribution in [2.45, 2.75) is 19.4 Å². The standard InChI is InChI=1S/C10H15N3O3S/c14-10(11-6-9-1-3-12-13-9)5-8-2-4-17(15,16)7-8/h1,3,8H,2,4-7H2,(H,11,14)(H,12,13). The second kappa shape index (κ2) is 4.87. The summed E-state index contributed by atoms with van der Waals surface area (Å²) < 4.78 is 22.4. The number of amides is 1. The summed E-state index contributed by atoms with van der Waals surface area (Å²) in [4.78, 5) is 11.6. The van der Waals surface area contributed by atoms with E-state index in [0.717, 1.165) is 5.69 Å². The van der Waals surface area contributed by atoms with Gasteiger partial charge < -0.3 is 5.32 Å². The smallest absolute Gasteiger partial charge is 0.220 e. The van der Waals surface area contributed by atoms with Gasteiger partial charge in [-0.1, -0.05) is 0 Å². The molecule has 1 amide bonds. The van der Waals surface area contributed by atoms with E-state index in [1.54, 1.807) is 12.3 Å². The van der Waals surface area contributed by atoms with Crippen molar-refractivity contribution in [3.8, 4) is 0 Å². The second-order valence-corrected chi connectivity index (χ2v) is 6.56. The minimum atomic E-state index is -2.90. The van der Waals surface area contributed by atoms with Crippen LogP contribution in [-0.2, 0) is 21.2 Å². The largest absolute Gasteiger partial charge is 0.350 e. The molecule has 94 valence electrons. The van der Waals surface area contributed by atoms with E-state index in [-0.39, 0.29) is 29.8 Å². The zero-order valence-corrected chi connectivity index (χ0v) is 10.2. The predicted octanol–water partition coefficient (Wildman–Crippen LogP) is -0.149. The summed E-state index contributed by atoms with van der Waals surface area (Å²) in [6.07, 6.45) is 2.50. The molecule has 1 fully saturated rings. The number of H-pyrrole nitrogens is 1. The summed E-state index contributed by atoms with van der Waals surface area (Å²) in [6, 6.07) is 1.78. The lowest BCUT2D eigenvalue weighted by Crippen LogP contribution is -2.25. The van der Waals surface area contributed by atoms with E-state index in [2.05, 4.69) is 15.5 Å². The van der Waals surface area contributed by atoms with Gasteiger partial charge in [-0.05, 0) is 18.4 Å². The Kier molecular flexibility index (Phi) is 3.46. The highest BCUT2D eigenvalue weighted by molar-refractivity contribution is 7.91. The van der Waals surface area contributed by atoms with E-state index < -0.39 is 9.84 Å². The molecule has 6 nitrogen and oxygen atoms in total. The first-order chi connectivity index (χ1) is 8.05. The predicted molar refractivity (Wildman–Crippen MR) is 61.8 cm³/mol. The number of aromatic nitrogens is 2. The van der Waals surface area contributed by atoms with Crippen molar-refractivity contribution in [3.05, 3.63) is 18.0 Å². The van der Waals surface area contributed by atoms with E-state index in [1.165, 1.54) is 0 Å². The minimum Gasteiger partial charge on any atom is -0.350 e. The first-order valence-corrected chi connectivity index (χ1v) is 7.33. The molecule has 0 aromatic carbocycles. The average molecular weight is 257 g/mol. The van der Waals surface area contributed by atoms with Crippen LogP contribution >= 0.6 is 0 Å². The third-order valence-electron chi connectivity index (χ3n) is 2.84. The molecule has 1 saturated heterocycles. The summed E-state index contributed by atoms with van der Waals surface area (Å²) in [6.45, 7) is 0.401. The molecule has 2 rings (SSSR count). The maximum Gasteiger partial charge on any atom is 0.220 e. The number of nitrogens with one attached hydrogen (secondary N) is 2. The highest BCUT2D eigenvalue weighted by atomic mass is 32.2. The number of hydrogen-bond donors (Lipinski definition) is 2. The van der Waals surface area contributed by atoms with Crippen molar-refractivity contribution in [3.63, 3.8) is 0 Å². The third-order valence-corrected chi connectivity index (χ3v) is 4.67. The summed E-state index contributed by atoms with van der Waals surface area (Å²) in [5.74, 6) is 0.221. The van der Waals surface area contributed by atoms with Gasteiger partial charge in [0, 0.05) is 12.6 Å². The monoisotopic (exact) mass is 257 g/mol. The highest BCUT2D eigenvalue weighted by Crippen LogP contribution is 2.21. The number of nitrogens with zero attached hydrogens (tertiary/aromatic N) is 1. The molecular formula is C10H15N3O3S. The van der Waals surface area contributed by atoms with E-state index >= 15 is 0 Å². The normalized spacial score (nSPS) is 22.5. The number of hydrogen-bond acceptors (Lipinski definition) is 4. The van der Waals surface area contributed by atoms with Gasteiger partial charge in [0.2, 0.25) is 5.91 Å². The van der Waals surface area contributed by atoms with Crippen LogP contribution in [0.15, 0.2) is 12.3 Å². The van der Waals surface area contributed by atoms with E-state index in [4.69, 9.17) is 0 Å². The maximum absolute atomic E-state index is 11.6. The van der Waals surface area contributed by atoms with Gasteiger partial charge in [-0.2, -0.15) is 5.10 Å². The molecule has 2 N–H and O–H groups in total. The van der Waals surface area contributed by atoms with Gasteiger partial charge in [0.25, 0.3) is 0 Å². The first kappa shape index (κ1) is 12.1. The molecule has 0 radical (unpaired) electrons. The van der Waals surface area contributed by atoms with Gasteiger partial charge in [-0.25, -0.2) is 8.42 Å². The lowest BCUT2D eigenvalue weighted by molar-refractivity contribution is -0.122. The van der Waals surface area contributed by atoms with E-state index in [1.807, 2.05) is 0 Å². The Balaban J connectivity index is 1.75. The number of carbonyl (C=O) groups excluding carboxylic acids is 1. The Hall–Kier alpha value is -1.37. The topological polar surface area (TPSA) is 91.9 Å². The van der Waals surface area contributed by atoms with Crippen LogP contribution in [0.1, 0.15) is 18.5 Å². The number of rotatable bonds is 4. The Morgan fingerprint density at radius 2 is 2.41 bits per heavy atom. The molecule has 0 saturated carbocycles. The van der Waals surface area contributed by atoms with Crippen molar-refractivity contribution in [2.24, 2.45) is 5.92 Å². The van der Waals surface area contributed by atoms with Crippen molar-refractivity contribution in [1.82, 2.24) is 15.5 Å². The van der Waals surface area contributed by atoms with Crippen LogP contribution in [-0.4, -0.2) is 36.0 Å². The Labute approximate surface area is 99.7 Å². The first-order valence-electron chi connectivity index (χ1n) is 5.50. The van der Waals surface area contributed by atoms with Crippen LogP contribution in [0.4, 0.5) is 0 Å². The SMILES string of the molecule is O=C(CC1CCS(=O)(=O)C1)NCc1ccn[nH]1. The molecule has 0 aliphatic carbocycles. The van der Waals surface area contributed by atoms with Crippen LogP contribution in [0.25, 0.3) is 0 Å². The Bertz CT molecular complexity index is 481. The lowest BCUT2D eigenvalue weighted by atomic mass is 10.1. The number of aromatic amines is 1. The lowest BCUT2D eigenvalue weighted by Gasteiger charge is -2.07. The molecule has 1 atom stereocenters. The van der Waals surface area contributed by atoms with E-state index in [0.29, 0.717) is 13.0 Å². The molecule has 0 spiro atoms. The van der Waals surface area contributed by atoms with Gasteiger partial charge in [-0.15, -0.1) is 0 Å². The number of carbonyl (C=O) groups is 1. The highest BCUT2D eigenvalue weighted by Gasteiger charge is 2.29. The van der Waals surface area contributed by atoms with Crippen molar-refractivity contribution in [1.29, 1.82) is 0 Å². The van der Waals surface area contributed by atoms with Crippen LogP contribution < -0.4 is 5.32 Å². The van der Waals surface area contributed by atoms with Gasteiger partial charge in [0.15, 0.2) is 9.84 Å². The van der Waals surface area contributed by atoms with Gasteiger partial charge in [-0.3, -0.25) is 9.89 Å². The second-order valence-electron chi connectivity index (χ2n) is 4.33. The third kappa shape index (κ3) is 3.55. The van der Waals surface area contributed by atoms with Gasteiger partial charge in [0.05, 0.1) is 23.7 Å². The molecule has 1 unspecified atom stereocenters. The minimum absolute atomic E-state index is 0.0261. The Morgan fingerprint density at radius 3 is 3.00 bits per heavy atom. The Morgan fingerprint density at radius 1 is 1.59 bits per heavy atom. The van der Waals surface area contributed by atoms with Crippen molar-refractivity contribution in [2.75, 3.05) is 11.5 Å². The number of sulfone groups is 1. The van der Waals surface area contributed by atoms with Crippen LogP contribution in [0, 0.1) is 5.92 Å². The van der Waals surface area contributed by atoms with Crippen LogP contribution in [0.3, 0.4) is 0 Å². The maximum atomic E-state index is 11.6. The zero-order valence-electron chi connectivity index (χ0n) is 9.35. The zero-order chi connectivity index (χ0) is 12.3. The average Bonchev–Trinajstić information content (AvgIpc) is 2.85. The van der Waals surface area contributed by atoms with E-state index in [9.17, 15) is 13.2 Å². The summed E-state index contributed by atoms with van der Waals surface area (Å²) in [5, 5.41) is 9.24. The summed E-state index contributed by atoms with van der Waals surface area (Å²) in [7, 11) is -2.90. The molecule has 1 aromatic heterocycles. The summed E-state index contributed by atoms with van der Waals surface area (Å²) >= 11 is 0. The molecule has 2 heterocycles. The molecule has 7 heteroatoms. The van der Waals surface area contributed by atoms with Crippen molar-refractivity contribution >= 4 is 15.7 Å². The van der Waals surface area contributed by atoms with Gasteiger partial charge in [0.1, 0.15) is 0 Å². The fraction of sp³-hybridized carbons (Fsp3) is 0.600. The molecule has 0 bridgehead atoms. The van der Waals surface area contributed by atoms with Crippen LogP contribution in [0.5, 0.6) is 0 Å². The molecule has 17 heavy (non-hydrogen) atoms. The van der Waals surface area contributed by atoms with Crippen molar-refractivity contribution < 1.29 is 13.2 Å². The fourth-order valence-corrected chi connectivity index (χ4v) is 3.81. The molecule has 1 aromatic rings. The van der Waals surface area contributed by atoms with Crippen LogP contribution in [0.2, 0.25) is 0 Å². The fourth-order valence-electron chi connectivity index (χ4n) is 1.94. The quantitative estimate of drug-likeness (QED) is 0.784. The summed E-state index contributed by atoms with van der Waals surface area (Å²) in [5.41, 5.74) is 0.831. The molecule has 1 aliphatic heterocycles. The van der Waals surface area contributed by atoms with Gasteiger partial charge >= 0.3 is 0 Å².